The zero-order valence-corrected chi connectivity index (χ0v) is 14.2. The quantitative estimate of drug-likeness (QED) is 0.712. The second-order valence-electron chi connectivity index (χ2n) is 6.41. The number of imidazole rings is 1. The van der Waals surface area contributed by atoms with Crippen LogP contribution in [0.4, 0.5) is 0 Å². The number of hydrogen-bond acceptors (Lipinski definition) is 4. The van der Waals surface area contributed by atoms with Gasteiger partial charge in [-0.25, -0.2) is 4.52 Å². The fourth-order valence-corrected chi connectivity index (χ4v) is 3.33. The summed E-state index contributed by atoms with van der Waals surface area (Å²) in [5.41, 5.74) is 2.47. The number of aromatic nitrogens is 4. The van der Waals surface area contributed by atoms with Crippen LogP contribution in [0.3, 0.4) is 0 Å². The van der Waals surface area contributed by atoms with Crippen LogP contribution < -0.4 is 0 Å². The summed E-state index contributed by atoms with van der Waals surface area (Å²) in [6.45, 7) is 1.89. The van der Waals surface area contributed by atoms with Gasteiger partial charge in [0.1, 0.15) is 11.2 Å². The predicted octanol–water partition coefficient (Wildman–Crippen LogP) is 1.89. The van der Waals surface area contributed by atoms with E-state index in [0.717, 1.165) is 30.7 Å². The van der Waals surface area contributed by atoms with Crippen molar-refractivity contribution in [2.45, 2.75) is 25.5 Å². The topological polar surface area (TPSA) is 64.7 Å². The van der Waals surface area contributed by atoms with E-state index in [0.29, 0.717) is 18.7 Å². The maximum Gasteiger partial charge on any atom is 0.259 e. The largest absolute Gasteiger partial charge is 0.376 e. The highest BCUT2D eigenvalue weighted by Gasteiger charge is 2.26. The monoisotopic (exact) mass is 339 g/mol. The average molecular weight is 339 g/mol. The third kappa shape index (κ3) is 3.15. The molecule has 4 rings (SSSR count). The fourth-order valence-electron chi connectivity index (χ4n) is 3.33. The number of rotatable bonds is 5. The highest BCUT2D eigenvalue weighted by molar-refractivity contribution is 5.99. The third-order valence-corrected chi connectivity index (χ3v) is 4.62. The van der Waals surface area contributed by atoms with Gasteiger partial charge in [0.15, 0.2) is 0 Å². The summed E-state index contributed by atoms with van der Waals surface area (Å²) in [5, 5.41) is 4.29. The molecule has 1 aliphatic rings. The number of hydrogen-bond donors (Lipinski definition) is 0. The molecule has 25 heavy (non-hydrogen) atoms. The lowest BCUT2D eigenvalue weighted by atomic mass is 10.1. The van der Waals surface area contributed by atoms with Crippen LogP contribution in [-0.2, 0) is 18.3 Å². The molecule has 0 bridgehead atoms. The van der Waals surface area contributed by atoms with Gasteiger partial charge in [0.05, 0.1) is 12.3 Å². The standard InChI is InChI=1S/C18H21N5O2/c1-21-8-9-23-17(21)16(11-20-23)18(24)22(13-15-3-2-10-25-15)12-14-4-6-19-7-5-14/h4-9,11,15H,2-3,10,12-13H2,1H3/t15-/m0/s1. The molecule has 0 radical (unpaired) electrons. The van der Waals surface area contributed by atoms with Crippen molar-refractivity contribution in [2.24, 2.45) is 7.05 Å². The molecule has 7 nitrogen and oxygen atoms in total. The Bertz CT molecular complexity index is 864. The summed E-state index contributed by atoms with van der Waals surface area (Å²) in [5.74, 6) is -0.0240. The summed E-state index contributed by atoms with van der Waals surface area (Å²) < 4.78 is 9.39. The van der Waals surface area contributed by atoms with Crippen LogP contribution >= 0.6 is 0 Å². The number of carbonyl (C=O) groups excluding carboxylic acids is 1. The molecule has 0 aromatic carbocycles. The maximum absolute atomic E-state index is 13.3. The van der Waals surface area contributed by atoms with E-state index in [9.17, 15) is 4.79 Å². The molecule has 3 aromatic heterocycles. The lowest BCUT2D eigenvalue weighted by Gasteiger charge is -2.25. The lowest BCUT2D eigenvalue weighted by Crippen LogP contribution is -2.37. The van der Waals surface area contributed by atoms with Gasteiger partial charge in [-0.15, -0.1) is 0 Å². The molecule has 1 amide bonds. The molecular formula is C18H21N5O2. The Balaban J connectivity index is 1.63. The van der Waals surface area contributed by atoms with Crippen LogP contribution in [0, 0.1) is 0 Å². The van der Waals surface area contributed by atoms with E-state index >= 15 is 0 Å². The second kappa shape index (κ2) is 6.68. The van der Waals surface area contributed by atoms with E-state index < -0.39 is 0 Å². The van der Waals surface area contributed by atoms with Crippen molar-refractivity contribution in [3.63, 3.8) is 0 Å². The molecule has 1 fully saturated rings. The van der Waals surface area contributed by atoms with Crippen LogP contribution in [0.2, 0.25) is 0 Å². The molecule has 1 saturated heterocycles. The van der Waals surface area contributed by atoms with Crippen LogP contribution in [-0.4, -0.2) is 49.2 Å². The molecule has 1 aliphatic heterocycles. The van der Waals surface area contributed by atoms with Crippen molar-refractivity contribution in [3.8, 4) is 0 Å². The highest BCUT2D eigenvalue weighted by Crippen LogP contribution is 2.19. The van der Waals surface area contributed by atoms with Crippen molar-refractivity contribution in [3.05, 3.63) is 54.2 Å². The Morgan fingerprint density at radius 1 is 1.36 bits per heavy atom. The molecular weight excluding hydrogens is 318 g/mol. The Morgan fingerprint density at radius 3 is 2.96 bits per heavy atom. The van der Waals surface area contributed by atoms with Gasteiger partial charge < -0.3 is 14.2 Å². The molecule has 7 heteroatoms. The summed E-state index contributed by atoms with van der Waals surface area (Å²) >= 11 is 0. The predicted molar refractivity (Wildman–Crippen MR) is 92.1 cm³/mol. The Morgan fingerprint density at radius 2 is 2.20 bits per heavy atom. The minimum absolute atomic E-state index is 0.0240. The molecule has 130 valence electrons. The maximum atomic E-state index is 13.3. The lowest BCUT2D eigenvalue weighted by molar-refractivity contribution is 0.0508. The first-order valence-corrected chi connectivity index (χ1v) is 8.51. The number of fused-ring (bicyclic) bond motifs is 1. The van der Waals surface area contributed by atoms with Gasteiger partial charge in [0, 0.05) is 51.5 Å². The number of aryl methyl sites for hydroxylation is 1. The van der Waals surface area contributed by atoms with Crippen LogP contribution in [0.25, 0.3) is 5.65 Å². The molecule has 0 aliphatic carbocycles. The van der Waals surface area contributed by atoms with Gasteiger partial charge >= 0.3 is 0 Å². The first-order chi connectivity index (χ1) is 12.2. The van der Waals surface area contributed by atoms with Gasteiger partial charge in [0.25, 0.3) is 5.91 Å². The fraction of sp³-hybridized carbons (Fsp3) is 0.389. The van der Waals surface area contributed by atoms with Gasteiger partial charge in [-0.05, 0) is 30.5 Å². The van der Waals surface area contributed by atoms with Crippen molar-refractivity contribution in [2.75, 3.05) is 13.2 Å². The van der Waals surface area contributed by atoms with Gasteiger partial charge in [-0.2, -0.15) is 5.10 Å². The minimum atomic E-state index is -0.0240. The van der Waals surface area contributed by atoms with E-state index in [-0.39, 0.29) is 12.0 Å². The number of ether oxygens (including phenoxy) is 1. The van der Waals surface area contributed by atoms with E-state index in [1.807, 2.05) is 41.0 Å². The third-order valence-electron chi connectivity index (χ3n) is 4.62. The van der Waals surface area contributed by atoms with Crippen molar-refractivity contribution >= 4 is 11.6 Å². The SMILES string of the molecule is Cn1ccn2ncc(C(=O)N(Cc3ccncc3)C[C@@H]3CCCO3)c12. The minimum Gasteiger partial charge on any atom is -0.376 e. The van der Waals surface area contributed by atoms with Crippen LogP contribution in [0.15, 0.2) is 43.1 Å². The normalized spacial score (nSPS) is 17.2. The van der Waals surface area contributed by atoms with E-state index in [1.54, 1.807) is 23.1 Å². The molecule has 0 N–H and O–H groups in total. The number of pyridine rings is 1. The van der Waals surface area contributed by atoms with Gasteiger partial charge in [-0.1, -0.05) is 0 Å². The van der Waals surface area contributed by atoms with Crippen molar-refractivity contribution in [1.82, 2.24) is 24.1 Å². The Hall–Kier alpha value is -2.67. The van der Waals surface area contributed by atoms with Crippen LogP contribution in [0.5, 0.6) is 0 Å². The summed E-state index contributed by atoms with van der Waals surface area (Å²) in [7, 11) is 1.92. The van der Waals surface area contributed by atoms with E-state index in [1.165, 1.54) is 0 Å². The number of amides is 1. The average Bonchev–Trinajstić information content (AvgIpc) is 3.35. The smallest absolute Gasteiger partial charge is 0.259 e. The van der Waals surface area contributed by atoms with Crippen LogP contribution in [0.1, 0.15) is 28.8 Å². The summed E-state index contributed by atoms with van der Waals surface area (Å²) in [6, 6.07) is 3.87. The summed E-state index contributed by atoms with van der Waals surface area (Å²) in [4.78, 5) is 19.2. The molecule has 0 spiro atoms. The number of nitrogens with zero attached hydrogens (tertiary/aromatic N) is 5. The molecule has 3 aromatic rings. The van der Waals surface area contributed by atoms with E-state index in [4.69, 9.17) is 4.74 Å². The number of carbonyl (C=O) groups is 1. The zero-order chi connectivity index (χ0) is 17.2. The first kappa shape index (κ1) is 15.8. The second-order valence-corrected chi connectivity index (χ2v) is 6.41. The van der Waals surface area contributed by atoms with Gasteiger partial charge in [-0.3, -0.25) is 9.78 Å². The Kier molecular flexibility index (Phi) is 4.23. The molecule has 1 atom stereocenters. The molecule has 0 unspecified atom stereocenters. The van der Waals surface area contributed by atoms with E-state index in [2.05, 4.69) is 10.1 Å². The molecule has 0 saturated carbocycles. The highest BCUT2D eigenvalue weighted by atomic mass is 16.5. The van der Waals surface area contributed by atoms with Gasteiger partial charge in [0.2, 0.25) is 0 Å². The summed E-state index contributed by atoms with van der Waals surface area (Å²) in [6.07, 6.45) is 11.0. The zero-order valence-electron chi connectivity index (χ0n) is 14.2. The van der Waals surface area contributed by atoms with Crippen molar-refractivity contribution < 1.29 is 9.53 Å². The van der Waals surface area contributed by atoms with Crippen molar-refractivity contribution in [1.29, 1.82) is 0 Å². The Labute approximate surface area is 145 Å². The first-order valence-electron chi connectivity index (χ1n) is 8.51. The molecule has 4 heterocycles.